The quantitative estimate of drug-likeness (QED) is 0.830. The summed E-state index contributed by atoms with van der Waals surface area (Å²) in [5.41, 5.74) is 0. The van der Waals surface area contributed by atoms with E-state index in [0.717, 1.165) is 5.75 Å². The molecule has 1 aliphatic rings. The maximum atomic E-state index is 9.97. The Morgan fingerprint density at radius 3 is 2.53 bits per heavy atom. The second-order valence-electron chi connectivity index (χ2n) is 4.37. The second kappa shape index (κ2) is 6.38. The summed E-state index contributed by atoms with van der Waals surface area (Å²) in [4.78, 5) is 0. The van der Waals surface area contributed by atoms with Crippen molar-refractivity contribution in [1.29, 1.82) is 0 Å². The lowest BCUT2D eigenvalue weighted by Gasteiger charge is -2.33. The van der Waals surface area contributed by atoms with E-state index < -0.39 is 0 Å². The van der Waals surface area contributed by atoms with Crippen molar-refractivity contribution in [3.05, 3.63) is 0 Å². The third kappa shape index (κ3) is 4.55. The Bertz CT molecular complexity index is 187. The van der Waals surface area contributed by atoms with Gasteiger partial charge in [-0.05, 0) is 13.8 Å². The third-order valence-electron chi connectivity index (χ3n) is 2.60. The van der Waals surface area contributed by atoms with Gasteiger partial charge in [-0.1, -0.05) is 13.8 Å². The van der Waals surface area contributed by atoms with E-state index in [1.807, 2.05) is 37.4 Å². The summed E-state index contributed by atoms with van der Waals surface area (Å²) in [6.45, 7) is 8.97. The fourth-order valence-electron chi connectivity index (χ4n) is 1.41. The van der Waals surface area contributed by atoms with Crippen LogP contribution in [0.15, 0.2) is 0 Å². The minimum absolute atomic E-state index is 0.206. The van der Waals surface area contributed by atoms with Crippen molar-refractivity contribution in [3.63, 3.8) is 0 Å². The Morgan fingerprint density at radius 2 is 2.00 bits per heavy atom. The van der Waals surface area contributed by atoms with Gasteiger partial charge < -0.3 is 9.84 Å². The smallest absolute Gasteiger partial charge is 0.0900 e. The van der Waals surface area contributed by atoms with Gasteiger partial charge in [0.15, 0.2) is 0 Å². The van der Waals surface area contributed by atoms with Crippen molar-refractivity contribution in [1.82, 2.24) is 0 Å². The molecule has 0 saturated carbocycles. The highest BCUT2D eigenvalue weighted by atomic mass is 32.2. The van der Waals surface area contributed by atoms with Crippen LogP contribution in [0, 0.1) is 0 Å². The molecule has 0 radical (unpaired) electrons. The van der Waals surface area contributed by atoms with Crippen molar-refractivity contribution in [3.8, 4) is 0 Å². The van der Waals surface area contributed by atoms with Gasteiger partial charge in [-0.3, -0.25) is 0 Å². The minimum atomic E-state index is -0.320. The van der Waals surface area contributed by atoms with E-state index in [2.05, 4.69) is 13.8 Å². The lowest BCUT2D eigenvalue weighted by atomic mass is 10.3. The number of thioether (sulfide) groups is 2. The maximum absolute atomic E-state index is 9.97. The molecule has 0 aliphatic carbocycles. The van der Waals surface area contributed by atoms with Crippen LogP contribution in [0.2, 0.25) is 0 Å². The van der Waals surface area contributed by atoms with Gasteiger partial charge in [-0.25, -0.2) is 0 Å². The molecule has 0 aromatic rings. The SMILES string of the molecule is CC(C)OCC(O)C1CSC(C)C(C)S1. The highest BCUT2D eigenvalue weighted by Crippen LogP contribution is 2.37. The molecular weight excluding hydrogens is 228 g/mol. The normalized spacial score (nSPS) is 34.4. The molecule has 1 N–H and O–H groups in total. The molecule has 2 nitrogen and oxygen atoms in total. The van der Waals surface area contributed by atoms with E-state index in [4.69, 9.17) is 4.74 Å². The van der Waals surface area contributed by atoms with Crippen LogP contribution in [0.3, 0.4) is 0 Å². The molecule has 0 aromatic heterocycles. The predicted octanol–water partition coefficient (Wildman–Crippen LogP) is 2.40. The second-order valence-corrected chi connectivity index (χ2v) is 7.40. The summed E-state index contributed by atoms with van der Waals surface area (Å²) < 4.78 is 5.45. The molecule has 1 heterocycles. The monoisotopic (exact) mass is 250 g/mol. The maximum Gasteiger partial charge on any atom is 0.0900 e. The zero-order chi connectivity index (χ0) is 11.4. The topological polar surface area (TPSA) is 29.5 Å². The van der Waals surface area contributed by atoms with Gasteiger partial charge in [0.2, 0.25) is 0 Å². The summed E-state index contributed by atoms with van der Waals surface area (Å²) in [6, 6.07) is 0. The molecule has 0 spiro atoms. The van der Waals surface area contributed by atoms with Crippen LogP contribution in [0.5, 0.6) is 0 Å². The van der Waals surface area contributed by atoms with Crippen LogP contribution in [-0.4, -0.2) is 45.4 Å². The van der Waals surface area contributed by atoms with Crippen molar-refractivity contribution in [2.45, 2.75) is 55.7 Å². The molecule has 1 rings (SSSR count). The molecule has 0 amide bonds. The Morgan fingerprint density at radius 1 is 1.33 bits per heavy atom. The van der Waals surface area contributed by atoms with E-state index in [0.29, 0.717) is 22.4 Å². The largest absolute Gasteiger partial charge is 0.390 e. The van der Waals surface area contributed by atoms with E-state index in [-0.39, 0.29) is 12.2 Å². The first kappa shape index (κ1) is 13.7. The van der Waals surface area contributed by atoms with Gasteiger partial charge in [0.25, 0.3) is 0 Å². The highest BCUT2D eigenvalue weighted by Gasteiger charge is 2.30. The first-order valence-electron chi connectivity index (χ1n) is 5.57. The predicted molar refractivity (Wildman–Crippen MR) is 69.9 cm³/mol. The molecule has 0 bridgehead atoms. The molecule has 4 unspecified atom stereocenters. The van der Waals surface area contributed by atoms with Crippen molar-refractivity contribution < 1.29 is 9.84 Å². The first-order valence-corrected chi connectivity index (χ1v) is 7.56. The van der Waals surface area contributed by atoms with Gasteiger partial charge in [0.05, 0.1) is 18.8 Å². The van der Waals surface area contributed by atoms with Crippen LogP contribution < -0.4 is 0 Å². The number of hydrogen-bond acceptors (Lipinski definition) is 4. The molecule has 4 atom stereocenters. The van der Waals surface area contributed by atoms with Crippen LogP contribution in [0.1, 0.15) is 27.7 Å². The zero-order valence-electron chi connectivity index (χ0n) is 9.97. The zero-order valence-corrected chi connectivity index (χ0v) is 11.6. The van der Waals surface area contributed by atoms with Crippen molar-refractivity contribution in [2.75, 3.05) is 12.4 Å². The lowest BCUT2D eigenvalue weighted by Crippen LogP contribution is -2.37. The number of aliphatic hydroxyl groups excluding tert-OH is 1. The molecule has 4 heteroatoms. The Kier molecular flexibility index (Phi) is 5.82. The average molecular weight is 250 g/mol. The minimum Gasteiger partial charge on any atom is -0.390 e. The Hall–Kier alpha value is 0.620. The van der Waals surface area contributed by atoms with Crippen LogP contribution in [-0.2, 0) is 4.74 Å². The van der Waals surface area contributed by atoms with Crippen molar-refractivity contribution >= 4 is 23.5 Å². The molecule has 1 fully saturated rings. The van der Waals surface area contributed by atoms with E-state index in [1.54, 1.807) is 0 Å². The molecule has 1 aliphatic heterocycles. The summed E-state index contributed by atoms with van der Waals surface area (Å²) >= 11 is 3.86. The molecule has 1 saturated heterocycles. The van der Waals surface area contributed by atoms with Crippen LogP contribution in [0.4, 0.5) is 0 Å². The van der Waals surface area contributed by atoms with Crippen LogP contribution >= 0.6 is 23.5 Å². The standard InChI is InChI=1S/C11H22O2S2/c1-7(2)13-5-10(12)11-6-14-8(3)9(4)15-11/h7-12H,5-6H2,1-4H3. The Labute approximate surface area is 102 Å². The van der Waals surface area contributed by atoms with Gasteiger partial charge in [-0.2, -0.15) is 23.5 Å². The van der Waals surface area contributed by atoms with Gasteiger partial charge in [0.1, 0.15) is 0 Å². The Balaban J connectivity index is 2.30. The lowest BCUT2D eigenvalue weighted by molar-refractivity contribution is 0.00718. The number of hydrogen-bond donors (Lipinski definition) is 1. The highest BCUT2D eigenvalue weighted by molar-refractivity contribution is 8.07. The summed E-state index contributed by atoms with van der Waals surface area (Å²) in [5.74, 6) is 1.04. The van der Waals surface area contributed by atoms with Crippen LogP contribution in [0.25, 0.3) is 0 Å². The van der Waals surface area contributed by atoms with E-state index in [9.17, 15) is 5.11 Å². The third-order valence-corrected chi connectivity index (χ3v) is 6.14. The molecule has 90 valence electrons. The van der Waals surface area contributed by atoms with Crippen molar-refractivity contribution in [2.24, 2.45) is 0 Å². The number of rotatable bonds is 4. The average Bonchev–Trinajstić information content (AvgIpc) is 2.18. The summed E-state index contributed by atoms with van der Waals surface area (Å²) in [5, 5.41) is 11.6. The van der Waals surface area contributed by atoms with Gasteiger partial charge in [0, 0.05) is 21.5 Å². The first-order chi connectivity index (χ1) is 7.00. The fraction of sp³-hybridized carbons (Fsp3) is 1.00. The summed E-state index contributed by atoms with van der Waals surface area (Å²) in [7, 11) is 0. The number of aliphatic hydroxyl groups is 1. The fourth-order valence-corrected chi connectivity index (χ4v) is 4.41. The van der Waals surface area contributed by atoms with Gasteiger partial charge in [-0.15, -0.1) is 0 Å². The molecule has 15 heavy (non-hydrogen) atoms. The van der Waals surface area contributed by atoms with E-state index >= 15 is 0 Å². The van der Waals surface area contributed by atoms with E-state index in [1.165, 1.54) is 0 Å². The molecule has 0 aromatic carbocycles. The van der Waals surface area contributed by atoms with Gasteiger partial charge >= 0.3 is 0 Å². The molecular formula is C11H22O2S2. The number of ether oxygens (including phenoxy) is 1. The summed E-state index contributed by atoms with van der Waals surface area (Å²) in [6.07, 6.45) is -0.114.